The van der Waals surface area contributed by atoms with E-state index in [1.807, 2.05) is 0 Å². The largest absolute Gasteiger partial charge is 0.408 e. The van der Waals surface area contributed by atoms with E-state index >= 15 is 0 Å². The fourth-order valence-corrected chi connectivity index (χ4v) is 4.67. The Morgan fingerprint density at radius 3 is 2.51 bits per heavy atom. The van der Waals surface area contributed by atoms with Gasteiger partial charge < -0.3 is 10.6 Å². The molecule has 0 radical (unpaired) electrons. The van der Waals surface area contributed by atoms with Gasteiger partial charge in [0.25, 0.3) is 11.9 Å². The van der Waals surface area contributed by atoms with Crippen LogP contribution in [0, 0.1) is 11.9 Å². The smallest absolute Gasteiger partial charge is 0.338 e. The van der Waals surface area contributed by atoms with Crippen molar-refractivity contribution in [3.8, 4) is 0 Å². The molecule has 43 heavy (non-hydrogen) atoms. The van der Waals surface area contributed by atoms with E-state index in [1.165, 1.54) is 0 Å². The third-order valence-electron chi connectivity index (χ3n) is 6.76. The molecule has 2 unspecified atom stereocenters. The van der Waals surface area contributed by atoms with Gasteiger partial charge in [0.2, 0.25) is 18.3 Å². The molecule has 1 fully saturated rings. The number of rotatable bonds is 11. The van der Waals surface area contributed by atoms with E-state index in [9.17, 15) is 44.7 Å². The zero-order valence-corrected chi connectivity index (χ0v) is 22.2. The second-order valence-corrected chi connectivity index (χ2v) is 9.81. The Labute approximate surface area is 236 Å². The first kappa shape index (κ1) is 31.7. The van der Waals surface area contributed by atoms with Crippen molar-refractivity contribution in [2.75, 3.05) is 5.32 Å². The summed E-state index contributed by atoms with van der Waals surface area (Å²) in [6.07, 6.45) is -9.70. The van der Waals surface area contributed by atoms with Gasteiger partial charge in [-0.3, -0.25) is 14.3 Å². The van der Waals surface area contributed by atoms with Crippen molar-refractivity contribution in [2.24, 2.45) is 5.92 Å². The lowest BCUT2D eigenvalue weighted by molar-refractivity contribution is -0.143. The number of aromatic nitrogens is 8. The molecule has 3 aromatic rings. The zero-order valence-electron chi connectivity index (χ0n) is 22.2. The number of nitrogens with zero attached hydrogens (tertiary/aromatic N) is 8. The first-order valence-electron chi connectivity index (χ1n) is 12.8. The Balaban J connectivity index is 1.60. The number of hydrogen-bond donors (Lipinski definition) is 2. The lowest BCUT2D eigenvalue weighted by Crippen LogP contribution is -2.50. The molecule has 0 aliphatic heterocycles. The minimum atomic E-state index is -4.82. The standard InChI is InChI=1S/C22H24F8N10O3/c1-2-11-16(36-43-35-11)20(42)32-15(10-3-5-21(26,27)6-4-10)19(41)31-12-8-39(34-17(12)25)13(7-14(23)24)18-33-37-38-40(18)9-22(28,29)30/h8,10,13-15H,2-7,9H2,1H3,(H,31,41)(H,32,42). The molecule has 2 atom stereocenters. The molecule has 0 spiro atoms. The molecule has 1 saturated carbocycles. The van der Waals surface area contributed by atoms with Crippen molar-refractivity contribution in [3.63, 3.8) is 0 Å². The molecule has 0 aromatic carbocycles. The first-order chi connectivity index (χ1) is 20.2. The summed E-state index contributed by atoms with van der Waals surface area (Å²) < 4.78 is 113. The van der Waals surface area contributed by atoms with Crippen molar-refractivity contribution in [2.45, 2.75) is 82.6 Å². The predicted molar refractivity (Wildman–Crippen MR) is 125 cm³/mol. The highest BCUT2D eigenvalue weighted by atomic mass is 19.4. The number of amides is 2. The molecule has 2 N–H and O–H groups in total. The third-order valence-corrected chi connectivity index (χ3v) is 6.76. The monoisotopic (exact) mass is 628 g/mol. The number of halogens is 8. The van der Waals surface area contributed by atoms with Crippen molar-refractivity contribution in [1.82, 2.24) is 45.6 Å². The number of hydrogen-bond acceptors (Lipinski definition) is 9. The Kier molecular flexibility index (Phi) is 9.28. The van der Waals surface area contributed by atoms with E-state index in [0.29, 0.717) is 4.68 Å². The van der Waals surface area contributed by atoms with Crippen molar-refractivity contribution >= 4 is 17.5 Å². The molecule has 0 saturated heterocycles. The van der Waals surface area contributed by atoms with Crippen LogP contribution in [0.1, 0.15) is 67.1 Å². The number of carbonyl (C=O) groups excluding carboxylic acids is 2. The van der Waals surface area contributed by atoms with Crippen LogP contribution in [0.3, 0.4) is 0 Å². The zero-order chi connectivity index (χ0) is 31.5. The predicted octanol–water partition coefficient (Wildman–Crippen LogP) is 3.32. The van der Waals surface area contributed by atoms with Crippen molar-refractivity contribution < 1.29 is 49.3 Å². The highest BCUT2D eigenvalue weighted by Gasteiger charge is 2.41. The van der Waals surface area contributed by atoms with Gasteiger partial charge in [0.1, 0.15) is 30.0 Å². The Hall–Kier alpha value is -4.20. The van der Waals surface area contributed by atoms with Crippen LogP contribution in [0.2, 0.25) is 0 Å². The molecular formula is C22H24F8N10O3. The van der Waals surface area contributed by atoms with Crippen LogP contribution in [0.25, 0.3) is 0 Å². The average molecular weight is 628 g/mol. The molecule has 1 aliphatic carbocycles. The number of anilines is 1. The van der Waals surface area contributed by atoms with Gasteiger partial charge in [-0.1, -0.05) is 12.1 Å². The average Bonchev–Trinajstić information content (AvgIpc) is 3.65. The van der Waals surface area contributed by atoms with Crippen LogP contribution < -0.4 is 10.6 Å². The maximum absolute atomic E-state index is 14.9. The summed E-state index contributed by atoms with van der Waals surface area (Å²) >= 11 is 0. The highest BCUT2D eigenvalue weighted by Crippen LogP contribution is 2.38. The van der Waals surface area contributed by atoms with Gasteiger partial charge in [0.05, 0.1) is 6.20 Å². The molecule has 0 bridgehead atoms. The summed E-state index contributed by atoms with van der Waals surface area (Å²) in [5, 5.41) is 24.6. The normalized spacial score (nSPS) is 17.2. The van der Waals surface area contributed by atoms with Crippen molar-refractivity contribution in [3.05, 3.63) is 29.4 Å². The minimum absolute atomic E-state index is 0.150. The molecular weight excluding hydrogens is 604 g/mol. The van der Waals surface area contributed by atoms with E-state index in [1.54, 1.807) is 6.92 Å². The minimum Gasteiger partial charge on any atom is -0.338 e. The van der Waals surface area contributed by atoms with Gasteiger partial charge in [-0.25, -0.2) is 26.9 Å². The fourth-order valence-electron chi connectivity index (χ4n) is 4.67. The lowest BCUT2D eigenvalue weighted by Gasteiger charge is -2.33. The summed E-state index contributed by atoms with van der Waals surface area (Å²) in [5.41, 5.74) is -0.805. The number of carbonyl (C=O) groups is 2. The SMILES string of the molecule is CCc1nonc1C(=O)NC(C(=O)Nc1cn(C(CC(F)F)c2nnnn2CC(F)(F)F)nc1F)C1CCC(F)(F)CC1. The molecule has 3 aromatic heterocycles. The van der Waals surface area contributed by atoms with Crippen LogP contribution >= 0.6 is 0 Å². The fraction of sp³-hybridized carbons (Fsp3) is 0.636. The first-order valence-corrected chi connectivity index (χ1v) is 12.8. The summed E-state index contributed by atoms with van der Waals surface area (Å²) in [7, 11) is 0. The number of nitrogens with one attached hydrogen (secondary N) is 2. The quantitative estimate of drug-likeness (QED) is 0.304. The van der Waals surface area contributed by atoms with Crippen LogP contribution in [-0.2, 0) is 17.8 Å². The topological polar surface area (TPSA) is 159 Å². The number of aryl methyl sites for hydroxylation is 1. The molecule has 4 rings (SSSR count). The Bertz CT molecular complexity index is 1410. The number of tetrazole rings is 1. The van der Waals surface area contributed by atoms with E-state index in [-0.39, 0.29) is 35.3 Å². The summed E-state index contributed by atoms with van der Waals surface area (Å²) in [4.78, 5) is 26.2. The van der Waals surface area contributed by atoms with Gasteiger partial charge >= 0.3 is 6.18 Å². The molecule has 236 valence electrons. The van der Waals surface area contributed by atoms with E-state index in [4.69, 9.17) is 0 Å². The maximum atomic E-state index is 14.9. The van der Waals surface area contributed by atoms with Gasteiger partial charge in [-0.15, -0.1) is 10.2 Å². The second kappa shape index (κ2) is 12.6. The van der Waals surface area contributed by atoms with Gasteiger partial charge in [0.15, 0.2) is 11.5 Å². The van der Waals surface area contributed by atoms with Crippen molar-refractivity contribution in [1.29, 1.82) is 0 Å². The molecule has 1 aliphatic rings. The molecule has 3 heterocycles. The number of alkyl halides is 7. The lowest BCUT2D eigenvalue weighted by atomic mass is 9.81. The van der Waals surface area contributed by atoms with Crippen LogP contribution in [0.5, 0.6) is 0 Å². The second-order valence-electron chi connectivity index (χ2n) is 9.81. The Morgan fingerprint density at radius 1 is 1.19 bits per heavy atom. The van der Waals surface area contributed by atoms with Gasteiger partial charge in [-0.2, -0.15) is 17.6 Å². The maximum Gasteiger partial charge on any atom is 0.408 e. The summed E-state index contributed by atoms with van der Waals surface area (Å²) in [5.74, 6) is -7.92. The summed E-state index contributed by atoms with van der Waals surface area (Å²) in [6.45, 7) is -0.0852. The molecule has 2 amide bonds. The molecule has 13 nitrogen and oxygen atoms in total. The van der Waals surface area contributed by atoms with E-state index in [2.05, 4.69) is 46.2 Å². The molecule has 21 heteroatoms. The summed E-state index contributed by atoms with van der Waals surface area (Å²) in [6, 6.07) is -3.29. The van der Waals surface area contributed by atoms with Gasteiger partial charge in [-0.05, 0) is 40.8 Å². The van der Waals surface area contributed by atoms with Crippen LogP contribution in [0.4, 0.5) is 40.8 Å². The Morgan fingerprint density at radius 2 is 1.88 bits per heavy atom. The van der Waals surface area contributed by atoms with Gasteiger partial charge in [0, 0.05) is 19.3 Å². The highest BCUT2D eigenvalue weighted by molar-refractivity contribution is 6.00. The van der Waals surface area contributed by atoms with E-state index < -0.39 is 91.6 Å². The third kappa shape index (κ3) is 7.80. The van der Waals surface area contributed by atoms with Crippen LogP contribution in [-0.4, -0.2) is 76.7 Å². The van der Waals surface area contributed by atoms with Crippen LogP contribution in [0.15, 0.2) is 10.8 Å². The van der Waals surface area contributed by atoms with E-state index in [0.717, 1.165) is 6.20 Å².